The highest BCUT2D eigenvalue weighted by atomic mass is 32.2. The van der Waals surface area contributed by atoms with E-state index in [1.807, 2.05) is 11.9 Å². The number of amides is 1. The molecule has 0 spiro atoms. The minimum atomic E-state index is -0.261. The zero-order valence-electron chi connectivity index (χ0n) is 13.4. The van der Waals surface area contributed by atoms with E-state index in [9.17, 15) is 9.18 Å². The van der Waals surface area contributed by atoms with Crippen molar-refractivity contribution in [2.45, 2.75) is 16.8 Å². The van der Waals surface area contributed by atoms with Gasteiger partial charge in [-0.1, -0.05) is 11.8 Å². The molecule has 0 aliphatic rings. The number of carbonyl (C=O) groups is 1. The summed E-state index contributed by atoms with van der Waals surface area (Å²) >= 11 is 1.43. The average molecular weight is 334 g/mol. The van der Waals surface area contributed by atoms with Crippen LogP contribution in [0, 0.1) is 5.82 Å². The van der Waals surface area contributed by atoms with Crippen molar-refractivity contribution in [2.75, 3.05) is 32.1 Å². The molecule has 1 aromatic carbocycles. The summed E-state index contributed by atoms with van der Waals surface area (Å²) in [6, 6.07) is 6.26. The predicted octanol–water partition coefficient (Wildman–Crippen LogP) is 2.68. The van der Waals surface area contributed by atoms with Crippen LogP contribution in [-0.4, -0.2) is 48.0 Å². The van der Waals surface area contributed by atoms with Crippen LogP contribution >= 0.6 is 11.8 Å². The van der Waals surface area contributed by atoms with Gasteiger partial charge in [0.25, 0.3) is 0 Å². The van der Waals surface area contributed by atoms with Crippen LogP contribution < -0.4 is 4.90 Å². The molecule has 122 valence electrons. The first-order chi connectivity index (χ1) is 11.0. The number of nitrogens with zero attached hydrogens (tertiary/aromatic N) is 4. The monoisotopic (exact) mass is 334 g/mol. The standard InChI is InChI=1S/C16H19FN4OS/c1-12(22)20(2)8-9-21(3)15-10-18-11-16(19-15)23-14-6-4-13(17)5-7-14/h4-7,10-11H,8-9H2,1-3H3. The molecular weight excluding hydrogens is 315 g/mol. The molecule has 0 radical (unpaired) electrons. The smallest absolute Gasteiger partial charge is 0.219 e. The van der Waals surface area contributed by atoms with Gasteiger partial charge in [0.1, 0.15) is 16.7 Å². The van der Waals surface area contributed by atoms with Crippen LogP contribution in [0.4, 0.5) is 10.2 Å². The lowest BCUT2D eigenvalue weighted by Gasteiger charge is -2.22. The maximum atomic E-state index is 12.9. The predicted molar refractivity (Wildman–Crippen MR) is 89.1 cm³/mol. The van der Waals surface area contributed by atoms with Crippen molar-refractivity contribution in [1.82, 2.24) is 14.9 Å². The highest BCUT2D eigenvalue weighted by Gasteiger charge is 2.08. The zero-order valence-corrected chi connectivity index (χ0v) is 14.2. The molecule has 1 amide bonds. The Labute approximate surface area is 139 Å². The molecule has 0 bridgehead atoms. The Morgan fingerprint density at radius 1 is 1.17 bits per heavy atom. The molecule has 2 rings (SSSR count). The van der Waals surface area contributed by atoms with Gasteiger partial charge >= 0.3 is 0 Å². The van der Waals surface area contributed by atoms with E-state index >= 15 is 0 Å². The molecule has 0 saturated heterocycles. The number of anilines is 1. The van der Waals surface area contributed by atoms with Crippen LogP contribution in [0.1, 0.15) is 6.92 Å². The van der Waals surface area contributed by atoms with Gasteiger partial charge in [-0.05, 0) is 24.3 Å². The van der Waals surface area contributed by atoms with Gasteiger partial charge in [-0.3, -0.25) is 9.78 Å². The quantitative estimate of drug-likeness (QED) is 0.813. The van der Waals surface area contributed by atoms with Gasteiger partial charge < -0.3 is 9.80 Å². The summed E-state index contributed by atoms with van der Waals surface area (Å²) < 4.78 is 12.9. The minimum absolute atomic E-state index is 0.0325. The first kappa shape index (κ1) is 17.2. The molecule has 2 aromatic rings. The Bertz CT molecular complexity index is 665. The Kier molecular flexibility index (Phi) is 5.92. The number of rotatable bonds is 6. The van der Waals surface area contributed by atoms with Gasteiger partial charge in [0.2, 0.25) is 5.91 Å². The van der Waals surface area contributed by atoms with E-state index in [1.165, 1.54) is 23.9 Å². The highest BCUT2D eigenvalue weighted by Crippen LogP contribution is 2.26. The second-order valence-electron chi connectivity index (χ2n) is 5.13. The van der Waals surface area contributed by atoms with Crippen LogP contribution in [0.15, 0.2) is 46.6 Å². The molecule has 23 heavy (non-hydrogen) atoms. The summed E-state index contributed by atoms with van der Waals surface area (Å²) in [6.07, 6.45) is 3.36. The number of benzene rings is 1. The average Bonchev–Trinajstić information content (AvgIpc) is 2.54. The third-order valence-corrected chi connectivity index (χ3v) is 4.25. The van der Waals surface area contributed by atoms with Gasteiger partial charge in [-0.2, -0.15) is 0 Å². The molecule has 0 saturated carbocycles. The van der Waals surface area contributed by atoms with Crippen molar-refractivity contribution in [3.8, 4) is 0 Å². The normalized spacial score (nSPS) is 10.4. The van der Waals surface area contributed by atoms with Gasteiger partial charge in [0.15, 0.2) is 0 Å². The SMILES string of the molecule is CC(=O)N(C)CCN(C)c1cncc(Sc2ccc(F)cc2)n1. The molecule has 0 atom stereocenters. The van der Waals surface area contributed by atoms with E-state index in [0.29, 0.717) is 13.1 Å². The van der Waals surface area contributed by atoms with Crippen molar-refractivity contribution in [1.29, 1.82) is 0 Å². The second kappa shape index (κ2) is 7.92. The molecule has 0 fully saturated rings. The fraction of sp³-hybridized carbons (Fsp3) is 0.312. The summed E-state index contributed by atoms with van der Waals surface area (Å²) in [5.41, 5.74) is 0. The molecule has 7 heteroatoms. The van der Waals surface area contributed by atoms with Crippen molar-refractivity contribution in [2.24, 2.45) is 0 Å². The molecule has 0 N–H and O–H groups in total. The topological polar surface area (TPSA) is 49.3 Å². The van der Waals surface area contributed by atoms with Gasteiger partial charge in [0.05, 0.1) is 12.4 Å². The van der Waals surface area contributed by atoms with Crippen molar-refractivity contribution in [3.05, 3.63) is 42.5 Å². The van der Waals surface area contributed by atoms with E-state index in [1.54, 1.807) is 43.4 Å². The van der Waals surface area contributed by atoms with E-state index in [4.69, 9.17) is 0 Å². The third-order valence-electron chi connectivity index (χ3n) is 3.34. The first-order valence-electron chi connectivity index (χ1n) is 7.14. The number of hydrogen-bond acceptors (Lipinski definition) is 5. The van der Waals surface area contributed by atoms with E-state index in [0.717, 1.165) is 15.7 Å². The molecule has 0 unspecified atom stereocenters. The molecular formula is C16H19FN4OS. The lowest BCUT2D eigenvalue weighted by molar-refractivity contribution is -0.127. The Morgan fingerprint density at radius 3 is 2.52 bits per heavy atom. The second-order valence-corrected chi connectivity index (χ2v) is 6.23. The van der Waals surface area contributed by atoms with E-state index in [-0.39, 0.29) is 11.7 Å². The lowest BCUT2D eigenvalue weighted by atomic mass is 10.4. The maximum absolute atomic E-state index is 12.9. The summed E-state index contributed by atoms with van der Waals surface area (Å²) in [5, 5.41) is 0.737. The van der Waals surface area contributed by atoms with E-state index in [2.05, 4.69) is 9.97 Å². The van der Waals surface area contributed by atoms with Crippen LogP contribution in [0.5, 0.6) is 0 Å². The summed E-state index contributed by atoms with van der Waals surface area (Å²) in [6.45, 7) is 2.82. The Hall–Kier alpha value is -2.15. The van der Waals surface area contributed by atoms with Crippen molar-refractivity contribution >= 4 is 23.5 Å². The number of aromatic nitrogens is 2. The molecule has 0 aliphatic heterocycles. The first-order valence-corrected chi connectivity index (χ1v) is 7.95. The summed E-state index contributed by atoms with van der Waals surface area (Å²) in [4.78, 5) is 24.5. The zero-order chi connectivity index (χ0) is 16.8. The summed E-state index contributed by atoms with van der Waals surface area (Å²) in [7, 11) is 3.67. The number of hydrogen-bond donors (Lipinski definition) is 0. The summed E-state index contributed by atoms with van der Waals surface area (Å²) in [5.74, 6) is 0.502. The van der Waals surface area contributed by atoms with Crippen LogP contribution in [-0.2, 0) is 4.79 Å². The molecule has 1 aromatic heterocycles. The van der Waals surface area contributed by atoms with Crippen LogP contribution in [0.2, 0.25) is 0 Å². The molecule has 1 heterocycles. The lowest BCUT2D eigenvalue weighted by Crippen LogP contribution is -2.33. The van der Waals surface area contributed by atoms with Crippen LogP contribution in [0.3, 0.4) is 0 Å². The van der Waals surface area contributed by atoms with Crippen molar-refractivity contribution < 1.29 is 9.18 Å². The van der Waals surface area contributed by atoms with Gasteiger partial charge in [-0.15, -0.1) is 0 Å². The molecule has 0 aliphatic carbocycles. The Balaban J connectivity index is 2.01. The fourth-order valence-corrected chi connectivity index (χ4v) is 2.53. The molecule has 5 nitrogen and oxygen atoms in total. The Morgan fingerprint density at radius 2 is 1.87 bits per heavy atom. The largest absolute Gasteiger partial charge is 0.357 e. The number of carbonyl (C=O) groups excluding carboxylic acids is 1. The number of likely N-dealkylation sites (N-methyl/N-ethyl adjacent to an activating group) is 2. The van der Waals surface area contributed by atoms with Gasteiger partial charge in [0, 0.05) is 39.0 Å². The van der Waals surface area contributed by atoms with Crippen LogP contribution in [0.25, 0.3) is 0 Å². The van der Waals surface area contributed by atoms with Gasteiger partial charge in [-0.25, -0.2) is 9.37 Å². The van der Waals surface area contributed by atoms with Crippen molar-refractivity contribution in [3.63, 3.8) is 0 Å². The fourth-order valence-electron chi connectivity index (χ4n) is 1.77. The number of halogens is 1. The minimum Gasteiger partial charge on any atom is -0.357 e. The third kappa shape index (κ3) is 5.21. The maximum Gasteiger partial charge on any atom is 0.219 e. The van der Waals surface area contributed by atoms with E-state index < -0.39 is 0 Å². The highest BCUT2D eigenvalue weighted by molar-refractivity contribution is 7.99.